The number of aliphatic hydroxyl groups is 2. The number of esters is 1. The molecule has 7 heteroatoms. The normalized spacial score (nSPS) is 43.5. The quantitative estimate of drug-likeness (QED) is 0.637. The average Bonchev–Trinajstić information content (AvgIpc) is 2.98. The molecule has 31 heavy (non-hydrogen) atoms. The fourth-order valence-corrected chi connectivity index (χ4v) is 7.21. The molecule has 170 valence electrons. The van der Waals surface area contributed by atoms with Crippen molar-refractivity contribution in [1.82, 2.24) is 0 Å². The Morgan fingerprint density at radius 3 is 2.68 bits per heavy atom. The highest BCUT2D eigenvalue weighted by Gasteiger charge is 2.68. The lowest BCUT2D eigenvalue weighted by molar-refractivity contribution is -0.181. The molecule has 0 bridgehead atoms. The molecule has 3 fully saturated rings. The van der Waals surface area contributed by atoms with Gasteiger partial charge < -0.3 is 19.7 Å². The smallest absolute Gasteiger partial charge is 0.332 e. The van der Waals surface area contributed by atoms with Crippen LogP contribution in [0.15, 0.2) is 23.8 Å². The highest BCUT2D eigenvalue weighted by molar-refractivity contribution is 6.01. The summed E-state index contributed by atoms with van der Waals surface area (Å²) in [5.41, 5.74) is -1.77. The molecular weight excluding hydrogens is 400 g/mol. The van der Waals surface area contributed by atoms with Crippen molar-refractivity contribution < 1.29 is 34.1 Å². The van der Waals surface area contributed by atoms with Gasteiger partial charge in [0.1, 0.15) is 12.2 Å². The summed E-state index contributed by atoms with van der Waals surface area (Å²) in [5.74, 6) is -1.04. The maximum atomic E-state index is 13.0. The van der Waals surface area contributed by atoms with Crippen molar-refractivity contribution in [3.63, 3.8) is 0 Å². The molecule has 0 heterocycles. The third-order valence-electron chi connectivity index (χ3n) is 8.74. The second kappa shape index (κ2) is 7.64. The minimum Gasteiger partial charge on any atom is -0.456 e. The summed E-state index contributed by atoms with van der Waals surface area (Å²) in [7, 11) is 1.36. The fourth-order valence-electron chi connectivity index (χ4n) is 7.21. The van der Waals surface area contributed by atoms with Crippen LogP contribution in [-0.2, 0) is 23.9 Å². The maximum Gasteiger partial charge on any atom is 0.332 e. The number of ketones is 2. The van der Waals surface area contributed by atoms with Gasteiger partial charge in [0.2, 0.25) is 5.78 Å². The van der Waals surface area contributed by atoms with Gasteiger partial charge in [-0.3, -0.25) is 9.59 Å². The Kier molecular flexibility index (Phi) is 5.51. The zero-order valence-electron chi connectivity index (χ0n) is 18.4. The Morgan fingerprint density at radius 2 is 1.97 bits per heavy atom. The summed E-state index contributed by atoms with van der Waals surface area (Å²) in [4.78, 5) is 36.5. The molecule has 2 N–H and O–H groups in total. The second-order valence-electron chi connectivity index (χ2n) is 10.1. The van der Waals surface area contributed by atoms with Crippen LogP contribution < -0.4 is 0 Å². The zero-order chi connectivity index (χ0) is 22.6. The largest absolute Gasteiger partial charge is 0.456 e. The molecule has 4 aliphatic rings. The SMILES string of the molecule is COCC(=O)OCC(=O)[C@@]1(O)CC[C@H]2[C@@H]3CCC4=CC(=O)C=C[C@]4(C)[C@H]3[C@@H](O)C[C@@]21C. The third kappa shape index (κ3) is 3.24. The zero-order valence-corrected chi connectivity index (χ0v) is 18.4. The van der Waals surface area contributed by atoms with E-state index in [0.29, 0.717) is 12.8 Å². The van der Waals surface area contributed by atoms with Gasteiger partial charge in [0, 0.05) is 23.9 Å². The van der Waals surface area contributed by atoms with Gasteiger partial charge in [-0.25, -0.2) is 4.79 Å². The van der Waals surface area contributed by atoms with Gasteiger partial charge in [-0.05, 0) is 56.1 Å². The van der Waals surface area contributed by atoms with Crippen molar-refractivity contribution in [3.05, 3.63) is 23.8 Å². The molecule has 0 aromatic carbocycles. The van der Waals surface area contributed by atoms with E-state index < -0.39 is 40.9 Å². The number of hydrogen-bond acceptors (Lipinski definition) is 7. The van der Waals surface area contributed by atoms with Gasteiger partial charge in [-0.1, -0.05) is 25.5 Å². The van der Waals surface area contributed by atoms with Crippen LogP contribution in [0.2, 0.25) is 0 Å². The summed E-state index contributed by atoms with van der Waals surface area (Å²) < 4.78 is 9.70. The number of ether oxygens (including phenoxy) is 2. The van der Waals surface area contributed by atoms with E-state index in [1.165, 1.54) is 7.11 Å². The van der Waals surface area contributed by atoms with Gasteiger partial charge in [0.15, 0.2) is 12.4 Å². The lowest BCUT2D eigenvalue weighted by atomic mass is 9.46. The van der Waals surface area contributed by atoms with Gasteiger partial charge in [-0.2, -0.15) is 0 Å². The van der Waals surface area contributed by atoms with Gasteiger partial charge >= 0.3 is 5.97 Å². The fraction of sp³-hybridized carbons (Fsp3) is 0.708. The van der Waals surface area contributed by atoms with Crippen LogP contribution in [0.25, 0.3) is 0 Å². The van der Waals surface area contributed by atoms with Crippen molar-refractivity contribution in [3.8, 4) is 0 Å². The monoisotopic (exact) mass is 432 g/mol. The van der Waals surface area contributed by atoms with Crippen LogP contribution in [0.5, 0.6) is 0 Å². The van der Waals surface area contributed by atoms with Gasteiger partial charge in [0.05, 0.1) is 6.10 Å². The van der Waals surface area contributed by atoms with E-state index in [1.54, 1.807) is 12.2 Å². The standard InChI is InChI=1S/C24H32O7/c1-22-8-6-15(25)10-14(22)4-5-16-17-7-9-24(29,19(27)12-31-20(28)13-30-3)23(17,2)11-18(26)21(16)22/h6,8,10,16-18,21,26,29H,4-5,7,9,11-13H2,1-3H3/t16-,17-,18-,21+,22-,23-,24-/m0/s1. The van der Waals surface area contributed by atoms with Gasteiger partial charge in [-0.15, -0.1) is 0 Å². The Bertz CT molecular complexity index is 860. The Balaban J connectivity index is 1.60. The van der Waals surface area contributed by atoms with E-state index in [2.05, 4.69) is 6.92 Å². The molecular formula is C24H32O7. The van der Waals surface area contributed by atoms with E-state index in [4.69, 9.17) is 9.47 Å². The predicted molar refractivity (Wildman–Crippen MR) is 111 cm³/mol. The van der Waals surface area contributed by atoms with Crippen LogP contribution in [-0.4, -0.2) is 59.8 Å². The van der Waals surface area contributed by atoms with Crippen LogP contribution in [0.4, 0.5) is 0 Å². The van der Waals surface area contributed by atoms with E-state index in [0.717, 1.165) is 18.4 Å². The topological polar surface area (TPSA) is 110 Å². The number of carbonyl (C=O) groups is 3. The molecule has 3 saturated carbocycles. The molecule has 4 rings (SSSR count). The molecule has 0 aromatic heterocycles. The highest BCUT2D eigenvalue weighted by Crippen LogP contribution is 2.67. The van der Waals surface area contributed by atoms with Crippen molar-refractivity contribution in [2.75, 3.05) is 20.3 Å². The number of rotatable bonds is 5. The molecule has 0 saturated heterocycles. The third-order valence-corrected chi connectivity index (χ3v) is 8.74. The molecule has 0 aliphatic heterocycles. The van der Waals surface area contributed by atoms with E-state index in [9.17, 15) is 24.6 Å². The maximum absolute atomic E-state index is 13.0. The lowest BCUT2D eigenvalue weighted by Gasteiger charge is -2.59. The Morgan fingerprint density at radius 1 is 1.23 bits per heavy atom. The van der Waals surface area contributed by atoms with E-state index in [-0.39, 0.29) is 36.6 Å². The van der Waals surface area contributed by atoms with Crippen LogP contribution >= 0.6 is 0 Å². The molecule has 7 nitrogen and oxygen atoms in total. The van der Waals surface area contributed by atoms with Gasteiger partial charge in [0.25, 0.3) is 0 Å². The number of hydrogen-bond donors (Lipinski definition) is 2. The lowest BCUT2D eigenvalue weighted by Crippen LogP contribution is -2.61. The molecule has 7 atom stereocenters. The minimum atomic E-state index is -1.65. The van der Waals surface area contributed by atoms with Crippen LogP contribution in [0.3, 0.4) is 0 Å². The Hall–Kier alpha value is -1.83. The van der Waals surface area contributed by atoms with Crippen LogP contribution in [0, 0.1) is 28.6 Å². The average molecular weight is 433 g/mol. The number of Topliss-reactive ketones (excluding diaryl/α,β-unsaturated/α-hetero) is 1. The van der Waals surface area contributed by atoms with E-state index in [1.807, 2.05) is 13.0 Å². The first-order valence-corrected chi connectivity index (χ1v) is 11.1. The number of carbonyl (C=O) groups excluding carboxylic acids is 3. The summed E-state index contributed by atoms with van der Waals surface area (Å²) in [6, 6.07) is 0. The summed E-state index contributed by atoms with van der Waals surface area (Å²) in [5, 5.41) is 22.9. The molecule has 0 radical (unpaired) electrons. The first-order chi connectivity index (χ1) is 14.6. The first-order valence-electron chi connectivity index (χ1n) is 11.1. The summed E-state index contributed by atoms with van der Waals surface area (Å²) in [6.45, 7) is 3.23. The number of aliphatic hydroxyl groups excluding tert-OH is 1. The molecule has 0 unspecified atom stereocenters. The molecule has 0 spiro atoms. The summed E-state index contributed by atoms with van der Waals surface area (Å²) in [6.07, 6.45) is 7.37. The van der Waals surface area contributed by atoms with Crippen molar-refractivity contribution in [2.24, 2.45) is 28.6 Å². The molecule has 4 aliphatic carbocycles. The van der Waals surface area contributed by atoms with Crippen LogP contribution in [0.1, 0.15) is 46.0 Å². The van der Waals surface area contributed by atoms with Crippen molar-refractivity contribution in [1.29, 1.82) is 0 Å². The second-order valence-corrected chi connectivity index (χ2v) is 10.1. The first kappa shape index (κ1) is 22.4. The number of fused-ring (bicyclic) bond motifs is 5. The van der Waals surface area contributed by atoms with Crippen molar-refractivity contribution >= 4 is 17.5 Å². The molecule has 0 amide bonds. The van der Waals surface area contributed by atoms with Crippen molar-refractivity contribution in [2.45, 2.75) is 57.7 Å². The minimum absolute atomic E-state index is 0.00933. The Labute approximate surface area is 182 Å². The van der Waals surface area contributed by atoms with E-state index >= 15 is 0 Å². The predicted octanol–water partition coefficient (Wildman–Crippen LogP) is 1.75. The number of allylic oxidation sites excluding steroid dienone is 4. The highest BCUT2D eigenvalue weighted by atomic mass is 16.6. The molecule has 0 aromatic rings. The summed E-state index contributed by atoms with van der Waals surface area (Å²) >= 11 is 0. The number of methoxy groups -OCH3 is 1.